The molecule has 1 atom stereocenters. The molecule has 142 valence electrons. The van der Waals surface area contributed by atoms with E-state index in [0.29, 0.717) is 17.8 Å². The number of phenolic OH excluding ortho intramolecular Hbond substituents is 1. The van der Waals surface area contributed by atoms with Crippen LogP contribution in [0.1, 0.15) is 30.0 Å². The average Bonchev–Trinajstić information content (AvgIpc) is 3.02. The van der Waals surface area contributed by atoms with E-state index in [1.54, 1.807) is 30.6 Å². The molecule has 0 spiro atoms. The number of aromatic hydroxyl groups is 1. The molecule has 2 heterocycles. The van der Waals surface area contributed by atoms with E-state index in [9.17, 15) is 9.90 Å². The topological polar surface area (TPSA) is 87.6 Å². The van der Waals surface area contributed by atoms with Gasteiger partial charge in [0.2, 0.25) is 0 Å². The van der Waals surface area contributed by atoms with E-state index >= 15 is 0 Å². The first kappa shape index (κ1) is 18.0. The number of nitrogens with one attached hydrogen (secondary N) is 1. The third-order valence-electron chi connectivity index (χ3n) is 4.03. The Morgan fingerprint density at radius 1 is 1.35 bits per heavy atom. The van der Waals surface area contributed by atoms with Gasteiger partial charge in [0.05, 0.1) is 24.1 Å². The van der Waals surface area contributed by atoms with Crippen LogP contribution in [0.25, 0.3) is 11.3 Å². The Morgan fingerprint density at radius 3 is 2.85 bits per heavy atom. The Bertz CT molecular complexity index is 799. The maximum Gasteiger partial charge on any atom is 0.407 e. The van der Waals surface area contributed by atoms with Crippen LogP contribution in [0.4, 0.5) is 10.6 Å². The first-order valence-electron chi connectivity index (χ1n) is 8.67. The zero-order valence-electron chi connectivity index (χ0n) is 15.3. The predicted molar refractivity (Wildman–Crippen MR) is 103 cm³/mol. The van der Waals surface area contributed by atoms with Gasteiger partial charge in [0.1, 0.15) is 17.2 Å². The Balaban J connectivity index is 0.00000196. The number of nitrogens with zero attached hydrogens (tertiary/aromatic N) is 3. The van der Waals surface area contributed by atoms with Crippen LogP contribution in [-0.2, 0) is 4.74 Å². The lowest BCUT2D eigenvalue weighted by molar-refractivity contribution is 0.0509. The van der Waals surface area contributed by atoms with Crippen molar-refractivity contribution in [2.45, 2.75) is 38.8 Å². The van der Waals surface area contributed by atoms with Crippen LogP contribution in [0.5, 0.6) is 5.75 Å². The van der Waals surface area contributed by atoms with E-state index < -0.39 is 11.7 Å². The maximum absolute atomic E-state index is 11.9. The van der Waals surface area contributed by atoms with E-state index in [2.05, 4.69) is 20.2 Å². The number of para-hydroxylation sites is 1. The number of ether oxygens (including phenoxy) is 1. The molecule has 26 heavy (non-hydrogen) atoms. The summed E-state index contributed by atoms with van der Waals surface area (Å²) in [5.41, 5.74) is 0.744. The molecule has 7 nitrogen and oxygen atoms in total. The van der Waals surface area contributed by atoms with E-state index in [-0.39, 0.29) is 14.6 Å². The van der Waals surface area contributed by atoms with Crippen LogP contribution < -0.4 is 10.2 Å². The molecule has 0 aliphatic carbocycles. The van der Waals surface area contributed by atoms with Crippen LogP contribution in [0.3, 0.4) is 0 Å². The molecule has 1 aromatic heterocycles. The fourth-order valence-electron chi connectivity index (χ4n) is 2.89. The van der Waals surface area contributed by atoms with Gasteiger partial charge in [0, 0.05) is 21.5 Å². The van der Waals surface area contributed by atoms with Gasteiger partial charge in [-0.05, 0) is 39.3 Å². The molecule has 1 aromatic carbocycles. The van der Waals surface area contributed by atoms with Gasteiger partial charge in [0.15, 0.2) is 0 Å². The molecule has 2 N–H and O–H groups in total. The predicted octanol–water partition coefficient (Wildman–Crippen LogP) is 3.44. The van der Waals surface area contributed by atoms with Gasteiger partial charge in [0.25, 0.3) is 0 Å². The number of anilines is 1. The lowest BCUT2D eigenvalue weighted by Crippen LogP contribution is -2.40. The summed E-state index contributed by atoms with van der Waals surface area (Å²) in [6, 6.07) is 7.05. The molecule has 0 saturated carbocycles. The Hall–Kier alpha value is -2.83. The Morgan fingerprint density at radius 2 is 2.12 bits per heavy atom. The summed E-state index contributed by atoms with van der Waals surface area (Å²) in [6.07, 6.45) is 3.73. The summed E-state index contributed by atoms with van der Waals surface area (Å²) in [5, 5.41) is 12.9. The molecule has 3 rings (SSSR count). The van der Waals surface area contributed by atoms with Crippen LogP contribution in [0.2, 0.25) is 0 Å². The number of aromatic nitrogens is 2. The average molecular weight is 360 g/mol. The van der Waals surface area contributed by atoms with Crippen molar-refractivity contribution in [1.29, 1.82) is 0 Å². The van der Waals surface area contributed by atoms with Crippen molar-refractivity contribution in [3.8, 4) is 17.0 Å². The largest absolute Gasteiger partial charge is 0.507 e. The van der Waals surface area contributed by atoms with Crippen molar-refractivity contribution in [3.05, 3.63) is 36.7 Å². The highest BCUT2D eigenvalue weighted by Gasteiger charge is 2.27. The number of carbonyl (C=O) groups excluding carboxylic acids is 1. The SMILES string of the molecule is CC(C)(C)OC(=O)N[C@@H]1CCN(c2cncc(-c3ccccc3O)n2)C1.[HH].[HH]. The van der Waals surface area contributed by atoms with Gasteiger partial charge in [-0.3, -0.25) is 4.98 Å². The molecule has 0 unspecified atom stereocenters. The number of rotatable bonds is 3. The standard InChI is InChI=1S/C19H24N4O3.2H2/c1-19(2,3)26-18(25)21-13-8-9-23(12-13)17-11-20-10-15(22-17)14-6-4-5-7-16(14)24;;/h4-7,10-11,13,24H,8-9,12H2,1-3H3,(H,21,25);2*1H/t13-;;/m1../s1. The van der Waals surface area contributed by atoms with Crippen molar-refractivity contribution in [2.75, 3.05) is 18.0 Å². The van der Waals surface area contributed by atoms with E-state index in [1.807, 2.05) is 26.8 Å². The summed E-state index contributed by atoms with van der Waals surface area (Å²) in [5.74, 6) is 0.893. The van der Waals surface area contributed by atoms with E-state index in [4.69, 9.17) is 4.74 Å². The van der Waals surface area contributed by atoms with Gasteiger partial charge in [-0.2, -0.15) is 0 Å². The molecular weight excluding hydrogens is 332 g/mol. The Labute approximate surface area is 156 Å². The fourth-order valence-corrected chi connectivity index (χ4v) is 2.89. The zero-order chi connectivity index (χ0) is 18.7. The fraction of sp³-hybridized carbons (Fsp3) is 0.421. The number of alkyl carbamates (subject to hydrolysis) is 1. The summed E-state index contributed by atoms with van der Waals surface area (Å²) in [6.45, 7) is 6.92. The van der Waals surface area contributed by atoms with E-state index in [0.717, 1.165) is 18.8 Å². The normalized spacial score (nSPS) is 17.2. The second-order valence-electron chi connectivity index (χ2n) is 7.36. The molecule has 1 fully saturated rings. The smallest absolute Gasteiger partial charge is 0.407 e. The highest BCUT2D eigenvalue weighted by molar-refractivity contribution is 5.69. The van der Waals surface area contributed by atoms with Crippen LogP contribution in [0, 0.1) is 0 Å². The summed E-state index contributed by atoms with van der Waals surface area (Å²) in [4.78, 5) is 22.9. The van der Waals surface area contributed by atoms with Gasteiger partial charge >= 0.3 is 6.09 Å². The number of carbonyl (C=O) groups is 1. The molecule has 1 aliphatic rings. The molecule has 7 heteroatoms. The second kappa shape index (κ2) is 7.19. The van der Waals surface area contributed by atoms with Crippen molar-refractivity contribution in [2.24, 2.45) is 0 Å². The lowest BCUT2D eigenvalue weighted by Gasteiger charge is -2.22. The summed E-state index contributed by atoms with van der Waals surface area (Å²) < 4.78 is 5.31. The monoisotopic (exact) mass is 360 g/mol. The minimum Gasteiger partial charge on any atom is -0.507 e. The lowest BCUT2D eigenvalue weighted by atomic mass is 10.1. The quantitative estimate of drug-likeness (QED) is 0.872. The van der Waals surface area contributed by atoms with Crippen molar-refractivity contribution in [1.82, 2.24) is 15.3 Å². The van der Waals surface area contributed by atoms with Crippen LogP contribution >= 0.6 is 0 Å². The number of amides is 1. The third-order valence-corrected chi connectivity index (χ3v) is 4.03. The molecule has 0 radical (unpaired) electrons. The van der Waals surface area contributed by atoms with Gasteiger partial charge in [-0.25, -0.2) is 9.78 Å². The van der Waals surface area contributed by atoms with Gasteiger partial charge in [-0.15, -0.1) is 0 Å². The first-order valence-corrected chi connectivity index (χ1v) is 8.67. The minimum atomic E-state index is -0.514. The third kappa shape index (κ3) is 4.41. The zero-order valence-corrected chi connectivity index (χ0v) is 15.3. The molecule has 1 aliphatic heterocycles. The highest BCUT2D eigenvalue weighted by Crippen LogP contribution is 2.28. The molecule has 1 amide bonds. The number of hydrogen-bond donors (Lipinski definition) is 2. The number of benzene rings is 1. The molecular formula is C19H28N4O3. The van der Waals surface area contributed by atoms with Gasteiger partial charge < -0.3 is 20.1 Å². The van der Waals surface area contributed by atoms with Crippen molar-refractivity contribution >= 4 is 11.9 Å². The maximum atomic E-state index is 11.9. The second-order valence-corrected chi connectivity index (χ2v) is 7.36. The first-order chi connectivity index (χ1) is 12.3. The number of hydrogen-bond acceptors (Lipinski definition) is 6. The summed E-state index contributed by atoms with van der Waals surface area (Å²) in [7, 11) is 0. The Kier molecular flexibility index (Phi) is 4.97. The van der Waals surface area contributed by atoms with Gasteiger partial charge in [-0.1, -0.05) is 12.1 Å². The van der Waals surface area contributed by atoms with E-state index in [1.165, 1.54) is 0 Å². The van der Waals surface area contributed by atoms with Crippen LogP contribution in [0.15, 0.2) is 36.7 Å². The minimum absolute atomic E-state index is 0. The molecule has 2 aromatic rings. The number of phenols is 1. The highest BCUT2D eigenvalue weighted by atomic mass is 16.6. The molecule has 0 bridgehead atoms. The molecule has 1 saturated heterocycles. The summed E-state index contributed by atoms with van der Waals surface area (Å²) >= 11 is 0. The van der Waals surface area contributed by atoms with Crippen molar-refractivity contribution in [3.63, 3.8) is 0 Å². The van der Waals surface area contributed by atoms with Crippen LogP contribution in [-0.4, -0.2) is 45.9 Å². The van der Waals surface area contributed by atoms with Crippen molar-refractivity contribution < 1.29 is 17.5 Å².